The van der Waals surface area contributed by atoms with Crippen molar-refractivity contribution in [3.05, 3.63) is 35.4 Å². The van der Waals surface area contributed by atoms with E-state index in [1.807, 2.05) is 27.7 Å². The summed E-state index contributed by atoms with van der Waals surface area (Å²) in [4.78, 5) is 0. The monoisotopic (exact) mass is 300 g/mol. The fraction of sp³-hybridized carbons (Fsp3) is 0.600. The molecule has 2 rings (SSSR count). The van der Waals surface area contributed by atoms with Crippen molar-refractivity contribution in [2.45, 2.75) is 57.8 Å². The summed E-state index contributed by atoms with van der Waals surface area (Å²) < 4.78 is 49.5. The first-order valence-electron chi connectivity index (χ1n) is 7.09. The third-order valence-corrected chi connectivity index (χ3v) is 4.45. The fourth-order valence-corrected chi connectivity index (χ4v) is 2.52. The molecule has 0 radical (unpaired) electrons. The Labute approximate surface area is 123 Å². The van der Waals surface area contributed by atoms with E-state index in [2.05, 4.69) is 0 Å². The van der Waals surface area contributed by atoms with Gasteiger partial charge in [0.05, 0.1) is 16.8 Å². The van der Waals surface area contributed by atoms with Crippen molar-refractivity contribution in [1.29, 1.82) is 0 Å². The molecule has 1 aliphatic rings. The first kappa shape index (κ1) is 16.4. The lowest BCUT2D eigenvalue weighted by atomic mass is 9.80. The van der Waals surface area contributed by atoms with Crippen molar-refractivity contribution in [3.8, 4) is 0 Å². The Morgan fingerprint density at radius 3 is 2.05 bits per heavy atom. The smallest absolute Gasteiger partial charge is 0.403 e. The van der Waals surface area contributed by atoms with Gasteiger partial charge >= 0.3 is 13.3 Å². The van der Waals surface area contributed by atoms with Crippen molar-refractivity contribution >= 4 is 7.12 Å². The molecule has 0 aromatic heterocycles. The van der Waals surface area contributed by atoms with E-state index in [9.17, 15) is 13.2 Å². The minimum absolute atomic E-state index is 0.385. The third-order valence-electron chi connectivity index (χ3n) is 4.45. The van der Waals surface area contributed by atoms with Crippen LogP contribution < -0.4 is 0 Å². The topological polar surface area (TPSA) is 18.5 Å². The van der Waals surface area contributed by atoms with E-state index in [4.69, 9.17) is 9.31 Å². The zero-order valence-electron chi connectivity index (χ0n) is 12.8. The largest absolute Gasteiger partial charge is 0.462 e. The normalized spacial score (nSPS) is 25.4. The second-order valence-corrected chi connectivity index (χ2v) is 6.16. The van der Waals surface area contributed by atoms with E-state index in [1.54, 1.807) is 0 Å². The summed E-state index contributed by atoms with van der Waals surface area (Å²) in [5.74, 6) is 0. The molecule has 0 saturated carbocycles. The molecule has 21 heavy (non-hydrogen) atoms. The Kier molecular flexibility index (Phi) is 4.15. The Hall–Kier alpha value is -1.01. The molecule has 2 nitrogen and oxygen atoms in total. The fourth-order valence-electron chi connectivity index (χ4n) is 2.52. The Bertz CT molecular complexity index is 499. The summed E-state index contributed by atoms with van der Waals surface area (Å²) >= 11 is 0. The molecule has 1 aromatic carbocycles. The molecule has 1 saturated heterocycles. The van der Waals surface area contributed by atoms with E-state index in [0.29, 0.717) is 6.32 Å². The van der Waals surface area contributed by atoms with Gasteiger partial charge in [-0.05, 0) is 44.9 Å². The highest BCUT2D eigenvalue weighted by molar-refractivity contribution is 6.45. The molecule has 0 N–H and O–H groups in total. The predicted octanol–water partition coefficient (Wildman–Crippen LogP) is 4.27. The van der Waals surface area contributed by atoms with Crippen LogP contribution in [0.1, 0.15) is 45.2 Å². The van der Waals surface area contributed by atoms with Crippen LogP contribution in [0.25, 0.3) is 0 Å². The third kappa shape index (κ3) is 3.26. The van der Waals surface area contributed by atoms with Crippen molar-refractivity contribution in [2.75, 3.05) is 0 Å². The van der Waals surface area contributed by atoms with Crippen molar-refractivity contribution in [1.82, 2.24) is 0 Å². The van der Waals surface area contributed by atoms with Gasteiger partial charge in [0.25, 0.3) is 0 Å². The van der Waals surface area contributed by atoms with Crippen LogP contribution in [0.3, 0.4) is 0 Å². The molecule has 1 atom stereocenters. The van der Waals surface area contributed by atoms with Crippen LogP contribution in [-0.2, 0) is 21.8 Å². The molecule has 1 fully saturated rings. The first-order valence-corrected chi connectivity index (χ1v) is 7.09. The second-order valence-electron chi connectivity index (χ2n) is 6.16. The summed E-state index contributed by atoms with van der Waals surface area (Å²) in [7, 11) is -0.429. The van der Waals surface area contributed by atoms with Crippen LogP contribution in [-0.4, -0.2) is 18.3 Å². The molecule has 116 valence electrons. The Morgan fingerprint density at radius 1 is 1.05 bits per heavy atom. The summed E-state index contributed by atoms with van der Waals surface area (Å²) in [6.07, 6.45) is -3.05. The van der Waals surface area contributed by atoms with Gasteiger partial charge in [-0.1, -0.05) is 19.1 Å². The van der Waals surface area contributed by atoms with Crippen LogP contribution in [0, 0.1) is 0 Å². The highest BCUT2D eigenvalue weighted by Crippen LogP contribution is 2.40. The Morgan fingerprint density at radius 2 is 1.62 bits per heavy atom. The predicted molar refractivity (Wildman–Crippen MR) is 75.8 cm³/mol. The van der Waals surface area contributed by atoms with Gasteiger partial charge in [-0.25, -0.2) is 0 Å². The lowest BCUT2D eigenvalue weighted by Gasteiger charge is -2.35. The summed E-state index contributed by atoms with van der Waals surface area (Å²) in [6, 6.07) is 5.14. The molecule has 0 bridgehead atoms. The van der Waals surface area contributed by atoms with Crippen LogP contribution in [0.15, 0.2) is 24.3 Å². The summed E-state index contributed by atoms with van der Waals surface area (Å²) in [5, 5.41) is 0. The van der Waals surface area contributed by atoms with Crippen LogP contribution in [0.4, 0.5) is 13.2 Å². The van der Waals surface area contributed by atoms with Crippen molar-refractivity contribution < 1.29 is 22.5 Å². The molecule has 6 heteroatoms. The maximum Gasteiger partial charge on any atom is 0.462 e. The zero-order chi connectivity index (χ0) is 15.9. The number of benzene rings is 1. The average Bonchev–Trinajstić information content (AvgIpc) is 2.59. The lowest BCUT2D eigenvalue weighted by Crippen LogP contribution is -2.44. The molecule has 1 aromatic rings. The van der Waals surface area contributed by atoms with Gasteiger partial charge in [0.2, 0.25) is 0 Å². The maximum atomic E-state index is 12.5. The van der Waals surface area contributed by atoms with Crippen molar-refractivity contribution in [2.24, 2.45) is 0 Å². The van der Waals surface area contributed by atoms with Crippen LogP contribution in [0.2, 0.25) is 0 Å². The lowest BCUT2D eigenvalue weighted by molar-refractivity contribution is -0.137. The van der Waals surface area contributed by atoms with E-state index >= 15 is 0 Å². The van der Waals surface area contributed by atoms with Crippen LogP contribution >= 0.6 is 0 Å². The first-order chi connectivity index (χ1) is 9.57. The molecule has 0 spiro atoms. The second kappa shape index (κ2) is 5.32. The van der Waals surface area contributed by atoms with E-state index in [0.717, 1.165) is 24.1 Å². The van der Waals surface area contributed by atoms with Gasteiger partial charge in [-0.3, -0.25) is 0 Å². The number of hydrogen-bond acceptors (Lipinski definition) is 2. The van der Waals surface area contributed by atoms with Gasteiger partial charge < -0.3 is 9.31 Å². The molecule has 1 unspecified atom stereocenters. The summed E-state index contributed by atoms with van der Waals surface area (Å²) in [5.41, 5.74) is -0.676. The highest BCUT2D eigenvalue weighted by atomic mass is 19.4. The molecule has 1 heterocycles. The van der Waals surface area contributed by atoms with Crippen LogP contribution in [0.5, 0.6) is 0 Å². The van der Waals surface area contributed by atoms with Gasteiger partial charge in [0, 0.05) is 6.32 Å². The average molecular weight is 300 g/mol. The minimum Gasteiger partial charge on any atom is -0.403 e. The van der Waals surface area contributed by atoms with Gasteiger partial charge in [-0.2, -0.15) is 13.2 Å². The van der Waals surface area contributed by atoms with E-state index in [-0.39, 0.29) is 5.60 Å². The number of hydrogen-bond donors (Lipinski definition) is 0. The van der Waals surface area contributed by atoms with E-state index in [1.165, 1.54) is 12.1 Å². The molecule has 0 aliphatic carbocycles. The number of alkyl halides is 3. The van der Waals surface area contributed by atoms with Gasteiger partial charge in [0.15, 0.2) is 0 Å². The summed E-state index contributed by atoms with van der Waals surface area (Å²) in [6.45, 7) is 7.98. The SMILES string of the molecule is CCC1(C)OB(Cc2ccc(C(F)(F)F)cc2)OC1(C)C. The standard InChI is InChI=1S/C15H20BF3O2/c1-5-14(4)13(2,3)20-16(21-14)10-11-6-8-12(9-7-11)15(17,18)19/h6-9H,5,10H2,1-4H3. The Balaban J connectivity index is 2.07. The quantitative estimate of drug-likeness (QED) is 0.776. The molecule has 1 aliphatic heterocycles. The number of rotatable bonds is 3. The molecular weight excluding hydrogens is 280 g/mol. The maximum absolute atomic E-state index is 12.5. The number of halogens is 3. The zero-order valence-corrected chi connectivity index (χ0v) is 12.8. The van der Waals surface area contributed by atoms with Gasteiger partial charge in [0.1, 0.15) is 0 Å². The van der Waals surface area contributed by atoms with Gasteiger partial charge in [-0.15, -0.1) is 0 Å². The minimum atomic E-state index is -4.30. The van der Waals surface area contributed by atoms with E-state index < -0.39 is 24.5 Å². The molecule has 0 amide bonds. The molecular formula is C15H20BF3O2. The van der Waals surface area contributed by atoms with Crippen molar-refractivity contribution in [3.63, 3.8) is 0 Å². The highest BCUT2D eigenvalue weighted by Gasteiger charge is 2.52.